The number of nitrogens with one attached hydrogen (secondary N) is 1. The fourth-order valence-corrected chi connectivity index (χ4v) is 1.89. The predicted molar refractivity (Wildman–Crippen MR) is 79.7 cm³/mol. The minimum atomic E-state index is -2.89. The topological polar surface area (TPSA) is 60.5 Å². The summed E-state index contributed by atoms with van der Waals surface area (Å²) in [4.78, 5) is 16.2. The van der Waals surface area contributed by atoms with Gasteiger partial charge in [-0.1, -0.05) is 6.07 Å². The number of amides is 1. The van der Waals surface area contributed by atoms with Gasteiger partial charge in [0, 0.05) is 23.9 Å². The van der Waals surface area contributed by atoms with E-state index in [9.17, 15) is 13.6 Å². The molecule has 0 radical (unpaired) electrons. The molecule has 0 spiro atoms. The van der Waals surface area contributed by atoms with Crippen LogP contribution in [0, 0.1) is 0 Å². The van der Waals surface area contributed by atoms with Crippen molar-refractivity contribution in [3.05, 3.63) is 53.7 Å². The van der Waals surface area contributed by atoms with Crippen molar-refractivity contribution in [2.24, 2.45) is 0 Å². The molecule has 23 heavy (non-hydrogen) atoms. The van der Waals surface area contributed by atoms with Gasteiger partial charge in [-0.3, -0.25) is 4.79 Å². The maximum atomic E-state index is 12.1. The van der Waals surface area contributed by atoms with Crippen molar-refractivity contribution < 1.29 is 23.0 Å². The minimum absolute atomic E-state index is 0.00226. The third-order valence-corrected chi connectivity index (χ3v) is 2.91. The summed E-state index contributed by atoms with van der Waals surface area (Å²) in [6.45, 7) is -0.321. The normalized spacial score (nSPS) is 10.4. The molecule has 5 nitrogen and oxygen atoms in total. The first kappa shape index (κ1) is 16.7. The molecular formula is C16H16F2N2O3. The van der Waals surface area contributed by atoms with Crippen molar-refractivity contribution in [1.29, 1.82) is 0 Å². The number of carbonyl (C=O) groups is 1. The molecule has 0 aliphatic carbocycles. The number of rotatable bonds is 7. The Balaban J connectivity index is 1.97. The second-order valence-corrected chi connectivity index (χ2v) is 4.49. The van der Waals surface area contributed by atoms with E-state index in [1.165, 1.54) is 24.3 Å². The van der Waals surface area contributed by atoms with E-state index in [4.69, 9.17) is 4.74 Å². The number of hydrogen-bond donors (Lipinski definition) is 1. The van der Waals surface area contributed by atoms with Gasteiger partial charge in [0.1, 0.15) is 5.75 Å². The molecule has 0 aliphatic heterocycles. The largest absolute Gasteiger partial charge is 0.478 e. The van der Waals surface area contributed by atoms with E-state index >= 15 is 0 Å². The third kappa shape index (κ3) is 4.91. The molecule has 0 saturated heterocycles. The zero-order valence-electron chi connectivity index (χ0n) is 12.5. The summed E-state index contributed by atoms with van der Waals surface area (Å²) in [6.07, 6.45) is 1.61. The molecule has 0 fully saturated rings. The number of alkyl halides is 2. The van der Waals surface area contributed by atoms with Crippen LogP contribution in [-0.4, -0.2) is 24.1 Å². The Bertz CT molecular complexity index is 648. The Hall–Kier alpha value is -2.70. The lowest BCUT2D eigenvalue weighted by Gasteiger charge is -2.10. The number of pyridine rings is 1. The highest BCUT2D eigenvalue weighted by Gasteiger charge is 2.10. The van der Waals surface area contributed by atoms with Crippen molar-refractivity contribution in [3.8, 4) is 11.6 Å². The molecule has 0 bridgehead atoms. The van der Waals surface area contributed by atoms with Gasteiger partial charge in [-0.2, -0.15) is 8.78 Å². The molecule has 7 heteroatoms. The molecule has 0 saturated carbocycles. The van der Waals surface area contributed by atoms with Crippen molar-refractivity contribution in [1.82, 2.24) is 10.3 Å². The average molecular weight is 322 g/mol. The van der Waals surface area contributed by atoms with Crippen LogP contribution in [0.25, 0.3) is 0 Å². The zero-order chi connectivity index (χ0) is 16.7. The monoisotopic (exact) mass is 322 g/mol. The standard InChI is InChI=1S/C16H16F2N2O3/c1-2-22-15-12(4-3-9-19-15)10-20-14(21)11-5-7-13(8-6-11)23-16(17)18/h3-9,16H,2,10H2,1H3,(H,20,21). The maximum absolute atomic E-state index is 12.1. The van der Waals surface area contributed by atoms with Crippen LogP contribution in [0.1, 0.15) is 22.8 Å². The summed E-state index contributed by atoms with van der Waals surface area (Å²) in [5.41, 5.74) is 1.09. The van der Waals surface area contributed by atoms with Crippen LogP contribution in [0.4, 0.5) is 8.78 Å². The Morgan fingerprint density at radius 1 is 1.26 bits per heavy atom. The summed E-state index contributed by atoms with van der Waals surface area (Å²) in [5, 5.41) is 2.73. The van der Waals surface area contributed by atoms with E-state index in [2.05, 4.69) is 15.0 Å². The van der Waals surface area contributed by atoms with E-state index in [-0.39, 0.29) is 18.2 Å². The minimum Gasteiger partial charge on any atom is -0.478 e. The molecule has 1 heterocycles. The highest BCUT2D eigenvalue weighted by atomic mass is 19.3. The zero-order valence-corrected chi connectivity index (χ0v) is 12.5. The van der Waals surface area contributed by atoms with Crippen LogP contribution < -0.4 is 14.8 Å². The van der Waals surface area contributed by atoms with Gasteiger partial charge in [0.05, 0.1) is 6.61 Å². The van der Waals surface area contributed by atoms with Crippen molar-refractivity contribution in [2.45, 2.75) is 20.1 Å². The summed E-state index contributed by atoms with van der Waals surface area (Å²) < 4.78 is 33.7. The summed E-state index contributed by atoms with van der Waals surface area (Å²) in [7, 11) is 0. The van der Waals surface area contributed by atoms with Crippen LogP contribution in [0.5, 0.6) is 11.6 Å². The second-order valence-electron chi connectivity index (χ2n) is 4.49. The molecule has 2 aromatic rings. The van der Waals surface area contributed by atoms with Gasteiger partial charge in [0.25, 0.3) is 5.91 Å². The van der Waals surface area contributed by atoms with Gasteiger partial charge in [0.2, 0.25) is 5.88 Å². The molecular weight excluding hydrogens is 306 g/mol. The summed E-state index contributed by atoms with van der Waals surface area (Å²) >= 11 is 0. The number of halogens is 2. The first-order valence-electron chi connectivity index (χ1n) is 7.00. The number of carbonyl (C=O) groups excluding carboxylic acids is 1. The van der Waals surface area contributed by atoms with E-state index in [1.807, 2.05) is 6.92 Å². The highest BCUT2D eigenvalue weighted by molar-refractivity contribution is 5.94. The van der Waals surface area contributed by atoms with E-state index < -0.39 is 6.61 Å². The van der Waals surface area contributed by atoms with Crippen LogP contribution in [0.15, 0.2) is 42.6 Å². The number of hydrogen-bond acceptors (Lipinski definition) is 4. The predicted octanol–water partition coefficient (Wildman–Crippen LogP) is 3.01. The van der Waals surface area contributed by atoms with Gasteiger partial charge >= 0.3 is 6.61 Å². The molecule has 1 N–H and O–H groups in total. The van der Waals surface area contributed by atoms with Gasteiger partial charge in [-0.05, 0) is 37.3 Å². The van der Waals surface area contributed by atoms with Gasteiger partial charge < -0.3 is 14.8 Å². The SMILES string of the molecule is CCOc1ncccc1CNC(=O)c1ccc(OC(F)F)cc1. The van der Waals surface area contributed by atoms with Crippen LogP contribution in [-0.2, 0) is 6.54 Å². The van der Waals surface area contributed by atoms with Crippen molar-refractivity contribution in [3.63, 3.8) is 0 Å². The second kappa shape index (κ2) is 8.07. The smallest absolute Gasteiger partial charge is 0.387 e. The van der Waals surface area contributed by atoms with Crippen molar-refractivity contribution in [2.75, 3.05) is 6.61 Å². The van der Waals surface area contributed by atoms with Gasteiger partial charge in [-0.25, -0.2) is 4.98 Å². The molecule has 1 aromatic carbocycles. The number of aromatic nitrogens is 1. The summed E-state index contributed by atoms with van der Waals surface area (Å²) in [5.74, 6) is 0.137. The van der Waals surface area contributed by atoms with E-state index in [1.54, 1.807) is 18.3 Å². The Labute approximate surface area is 132 Å². The lowest BCUT2D eigenvalue weighted by Crippen LogP contribution is -2.23. The van der Waals surface area contributed by atoms with Crippen molar-refractivity contribution >= 4 is 5.91 Å². The first-order valence-corrected chi connectivity index (χ1v) is 7.00. The lowest BCUT2D eigenvalue weighted by atomic mass is 10.2. The first-order chi connectivity index (χ1) is 11.1. The van der Waals surface area contributed by atoms with Gasteiger partial charge in [-0.15, -0.1) is 0 Å². The molecule has 2 rings (SSSR count). The van der Waals surface area contributed by atoms with E-state index in [0.29, 0.717) is 18.1 Å². The average Bonchev–Trinajstić information content (AvgIpc) is 2.54. The maximum Gasteiger partial charge on any atom is 0.387 e. The third-order valence-electron chi connectivity index (χ3n) is 2.91. The molecule has 1 amide bonds. The van der Waals surface area contributed by atoms with Crippen LogP contribution in [0.2, 0.25) is 0 Å². The molecule has 0 unspecified atom stereocenters. The quantitative estimate of drug-likeness (QED) is 0.851. The Morgan fingerprint density at radius 3 is 2.65 bits per heavy atom. The molecule has 0 aliphatic rings. The fourth-order valence-electron chi connectivity index (χ4n) is 1.89. The molecule has 1 aromatic heterocycles. The van der Waals surface area contributed by atoms with Crippen LogP contribution >= 0.6 is 0 Å². The highest BCUT2D eigenvalue weighted by Crippen LogP contribution is 2.16. The Kier molecular flexibility index (Phi) is 5.85. The summed E-state index contributed by atoms with van der Waals surface area (Å²) in [6, 6.07) is 9.02. The van der Waals surface area contributed by atoms with E-state index in [0.717, 1.165) is 5.56 Å². The molecule has 0 atom stereocenters. The Morgan fingerprint density at radius 2 is 2.00 bits per heavy atom. The number of benzene rings is 1. The van der Waals surface area contributed by atoms with Crippen LogP contribution in [0.3, 0.4) is 0 Å². The fraction of sp³-hybridized carbons (Fsp3) is 0.250. The lowest BCUT2D eigenvalue weighted by molar-refractivity contribution is -0.0498. The molecule has 122 valence electrons. The van der Waals surface area contributed by atoms with Gasteiger partial charge in [0.15, 0.2) is 0 Å². The number of ether oxygens (including phenoxy) is 2. The number of nitrogens with zero attached hydrogens (tertiary/aromatic N) is 1.